The molecule has 1 heterocycles. The molecule has 2 rings (SSSR count). The maximum absolute atomic E-state index is 10.7. The Morgan fingerprint density at radius 2 is 2.20 bits per heavy atom. The van der Waals surface area contributed by atoms with E-state index in [4.69, 9.17) is 28.3 Å². The van der Waals surface area contributed by atoms with Gasteiger partial charge in [-0.1, -0.05) is 35.3 Å². The fourth-order valence-corrected chi connectivity index (χ4v) is 3.15. The first-order chi connectivity index (χ1) is 9.56. The maximum atomic E-state index is 10.7. The van der Waals surface area contributed by atoms with Gasteiger partial charge in [0, 0.05) is 19.5 Å². The molecule has 1 aliphatic heterocycles. The molecule has 1 aromatic rings. The van der Waals surface area contributed by atoms with Gasteiger partial charge in [0.15, 0.2) is 0 Å². The number of rotatable bonds is 5. The zero-order chi connectivity index (χ0) is 14.5. The van der Waals surface area contributed by atoms with Crippen molar-refractivity contribution in [3.8, 4) is 0 Å². The van der Waals surface area contributed by atoms with Crippen LogP contribution in [0.3, 0.4) is 0 Å². The topological polar surface area (TPSA) is 40.5 Å². The summed E-state index contributed by atoms with van der Waals surface area (Å²) in [5.41, 5.74) is 1.04. The van der Waals surface area contributed by atoms with Gasteiger partial charge in [-0.05, 0) is 43.4 Å². The highest BCUT2D eigenvalue weighted by Gasteiger charge is 2.21. The Hall–Kier alpha value is -0.770. The predicted octanol–water partition coefficient (Wildman–Crippen LogP) is 4.07. The molecule has 1 aliphatic rings. The monoisotopic (exact) mass is 315 g/mol. The Kier molecular flexibility index (Phi) is 5.70. The largest absolute Gasteiger partial charge is 0.481 e. The molecule has 0 amide bonds. The third-order valence-corrected chi connectivity index (χ3v) is 4.65. The third kappa shape index (κ3) is 4.37. The van der Waals surface area contributed by atoms with E-state index in [0.717, 1.165) is 44.5 Å². The molecule has 1 aromatic carbocycles. The number of benzene rings is 1. The molecule has 3 nitrogen and oxygen atoms in total. The second-order valence-electron chi connectivity index (χ2n) is 5.39. The van der Waals surface area contributed by atoms with Crippen molar-refractivity contribution in [3.05, 3.63) is 33.8 Å². The summed E-state index contributed by atoms with van der Waals surface area (Å²) < 4.78 is 0. The molecule has 1 fully saturated rings. The summed E-state index contributed by atoms with van der Waals surface area (Å²) in [6.07, 6.45) is 3.25. The van der Waals surface area contributed by atoms with Gasteiger partial charge in [0.05, 0.1) is 10.0 Å². The number of carboxylic acids is 1. The van der Waals surface area contributed by atoms with Gasteiger partial charge in [0.2, 0.25) is 0 Å². The van der Waals surface area contributed by atoms with Crippen LogP contribution in [0.5, 0.6) is 0 Å². The van der Waals surface area contributed by atoms with Crippen molar-refractivity contribution in [2.75, 3.05) is 13.1 Å². The molecule has 1 atom stereocenters. The van der Waals surface area contributed by atoms with Gasteiger partial charge in [0.25, 0.3) is 0 Å². The summed E-state index contributed by atoms with van der Waals surface area (Å²) in [7, 11) is 0. The summed E-state index contributed by atoms with van der Waals surface area (Å²) in [6, 6.07) is 5.70. The molecule has 0 saturated carbocycles. The summed E-state index contributed by atoms with van der Waals surface area (Å²) in [5, 5.41) is 9.98. The van der Waals surface area contributed by atoms with Gasteiger partial charge in [0.1, 0.15) is 0 Å². The number of likely N-dealkylation sites (tertiary alicyclic amines) is 1. The van der Waals surface area contributed by atoms with Crippen LogP contribution < -0.4 is 0 Å². The van der Waals surface area contributed by atoms with Gasteiger partial charge in [-0.15, -0.1) is 0 Å². The Morgan fingerprint density at radius 3 is 2.95 bits per heavy atom. The molecule has 20 heavy (non-hydrogen) atoms. The predicted molar refractivity (Wildman–Crippen MR) is 81.3 cm³/mol. The van der Waals surface area contributed by atoms with E-state index in [0.29, 0.717) is 16.0 Å². The van der Waals surface area contributed by atoms with Crippen molar-refractivity contribution in [1.82, 2.24) is 4.90 Å². The van der Waals surface area contributed by atoms with Crippen LogP contribution in [-0.4, -0.2) is 29.1 Å². The van der Waals surface area contributed by atoms with Crippen molar-refractivity contribution in [1.29, 1.82) is 0 Å². The first kappa shape index (κ1) is 15.6. The number of hydrogen-bond acceptors (Lipinski definition) is 2. The zero-order valence-electron chi connectivity index (χ0n) is 11.3. The lowest BCUT2D eigenvalue weighted by molar-refractivity contribution is -0.137. The zero-order valence-corrected chi connectivity index (χ0v) is 12.8. The Labute approximate surface area is 129 Å². The average Bonchev–Trinajstić information content (AvgIpc) is 2.42. The maximum Gasteiger partial charge on any atom is 0.303 e. The molecule has 5 heteroatoms. The molecule has 1 saturated heterocycles. The minimum Gasteiger partial charge on any atom is -0.481 e. The number of halogens is 2. The number of aliphatic carboxylic acids is 1. The van der Waals surface area contributed by atoms with E-state index < -0.39 is 5.97 Å². The van der Waals surface area contributed by atoms with Crippen LogP contribution in [0.15, 0.2) is 18.2 Å². The van der Waals surface area contributed by atoms with Crippen LogP contribution in [0.4, 0.5) is 0 Å². The average molecular weight is 316 g/mol. The SMILES string of the molecule is O=C(O)CCC1CCCN(Cc2cccc(Cl)c2Cl)C1. The molecular formula is C15H19Cl2NO2. The highest BCUT2D eigenvalue weighted by molar-refractivity contribution is 6.42. The van der Waals surface area contributed by atoms with E-state index in [-0.39, 0.29) is 6.42 Å². The van der Waals surface area contributed by atoms with Gasteiger partial charge >= 0.3 is 5.97 Å². The lowest BCUT2D eigenvalue weighted by Crippen LogP contribution is -2.35. The minimum atomic E-state index is -0.708. The van der Waals surface area contributed by atoms with Crippen LogP contribution in [0, 0.1) is 5.92 Å². The number of piperidine rings is 1. The number of carboxylic acid groups (broad SMARTS) is 1. The Morgan fingerprint density at radius 1 is 1.40 bits per heavy atom. The van der Waals surface area contributed by atoms with Gasteiger partial charge in [-0.3, -0.25) is 9.69 Å². The summed E-state index contributed by atoms with van der Waals surface area (Å²) >= 11 is 12.2. The molecule has 0 spiro atoms. The summed E-state index contributed by atoms with van der Waals surface area (Å²) in [6.45, 7) is 2.76. The van der Waals surface area contributed by atoms with Crippen LogP contribution in [0.25, 0.3) is 0 Å². The molecular weight excluding hydrogens is 297 g/mol. The van der Waals surface area contributed by atoms with E-state index in [2.05, 4.69) is 4.90 Å². The number of hydrogen-bond donors (Lipinski definition) is 1. The third-order valence-electron chi connectivity index (χ3n) is 3.80. The lowest BCUT2D eigenvalue weighted by atomic mass is 9.93. The van der Waals surface area contributed by atoms with E-state index in [1.54, 1.807) is 6.07 Å². The molecule has 0 aromatic heterocycles. The van der Waals surface area contributed by atoms with Crippen LogP contribution in [-0.2, 0) is 11.3 Å². The van der Waals surface area contributed by atoms with Crippen molar-refractivity contribution in [2.45, 2.75) is 32.2 Å². The second kappa shape index (κ2) is 7.30. The lowest BCUT2D eigenvalue weighted by Gasteiger charge is -2.32. The van der Waals surface area contributed by atoms with Crippen molar-refractivity contribution in [3.63, 3.8) is 0 Å². The first-order valence-corrected chi connectivity index (χ1v) is 7.69. The highest BCUT2D eigenvalue weighted by Crippen LogP contribution is 2.28. The Bertz CT molecular complexity index is 479. The molecule has 110 valence electrons. The van der Waals surface area contributed by atoms with Crippen LogP contribution in [0.1, 0.15) is 31.2 Å². The molecule has 0 radical (unpaired) electrons. The fraction of sp³-hybridized carbons (Fsp3) is 0.533. The summed E-state index contributed by atoms with van der Waals surface area (Å²) in [4.78, 5) is 13.0. The Balaban J connectivity index is 1.92. The standard InChI is InChI=1S/C15H19Cl2NO2/c16-13-5-1-4-12(15(13)17)10-18-8-2-3-11(9-18)6-7-14(19)20/h1,4-5,11H,2-3,6-10H2,(H,19,20). The smallest absolute Gasteiger partial charge is 0.303 e. The number of carbonyl (C=O) groups is 1. The highest BCUT2D eigenvalue weighted by atomic mass is 35.5. The normalized spacial score (nSPS) is 20.0. The first-order valence-electron chi connectivity index (χ1n) is 6.93. The molecule has 1 N–H and O–H groups in total. The van der Waals surface area contributed by atoms with Crippen LogP contribution >= 0.6 is 23.2 Å². The van der Waals surface area contributed by atoms with Crippen molar-refractivity contribution < 1.29 is 9.90 Å². The van der Waals surface area contributed by atoms with Gasteiger partial charge in [-0.25, -0.2) is 0 Å². The molecule has 1 unspecified atom stereocenters. The van der Waals surface area contributed by atoms with E-state index >= 15 is 0 Å². The quantitative estimate of drug-likeness (QED) is 0.890. The second-order valence-corrected chi connectivity index (χ2v) is 6.17. The van der Waals surface area contributed by atoms with E-state index in [9.17, 15) is 4.79 Å². The van der Waals surface area contributed by atoms with Gasteiger partial charge < -0.3 is 5.11 Å². The molecule has 0 bridgehead atoms. The van der Waals surface area contributed by atoms with E-state index in [1.807, 2.05) is 12.1 Å². The van der Waals surface area contributed by atoms with E-state index in [1.165, 1.54) is 0 Å². The van der Waals surface area contributed by atoms with Crippen molar-refractivity contribution >= 4 is 29.2 Å². The minimum absolute atomic E-state index is 0.260. The van der Waals surface area contributed by atoms with Crippen LogP contribution in [0.2, 0.25) is 10.0 Å². The number of nitrogens with zero attached hydrogens (tertiary/aromatic N) is 1. The fourth-order valence-electron chi connectivity index (χ4n) is 2.77. The van der Waals surface area contributed by atoms with Crippen molar-refractivity contribution in [2.24, 2.45) is 5.92 Å². The van der Waals surface area contributed by atoms with Gasteiger partial charge in [-0.2, -0.15) is 0 Å². The summed E-state index contributed by atoms with van der Waals surface area (Å²) in [5.74, 6) is -0.238. The molecule has 0 aliphatic carbocycles.